The van der Waals surface area contributed by atoms with E-state index in [1.165, 1.54) is 0 Å². The summed E-state index contributed by atoms with van der Waals surface area (Å²) in [6.45, 7) is 5.40. The third-order valence-electron chi connectivity index (χ3n) is 6.13. The van der Waals surface area contributed by atoms with Gasteiger partial charge in [0, 0.05) is 12.1 Å². The van der Waals surface area contributed by atoms with Gasteiger partial charge in [0.1, 0.15) is 17.3 Å². The van der Waals surface area contributed by atoms with Crippen molar-refractivity contribution in [3.63, 3.8) is 0 Å². The van der Waals surface area contributed by atoms with Crippen LogP contribution in [0.2, 0.25) is 0 Å². The minimum Gasteiger partial charge on any atom is -0.507 e. The molecule has 6 heteroatoms. The number of aliphatic hydroxyl groups is 1. The molecule has 0 saturated carbocycles. The summed E-state index contributed by atoms with van der Waals surface area (Å²) in [5, 5.41) is 11.2. The highest BCUT2D eigenvalue weighted by Gasteiger charge is 2.45. The Kier molecular flexibility index (Phi) is 8.06. The van der Waals surface area contributed by atoms with Crippen LogP contribution in [0.1, 0.15) is 43.0 Å². The fourth-order valence-corrected chi connectivity index (χ4v) is 4.35. The first-order valence-electron chi connectivity index (χ1n) is 12.3. The first kappa shape index (κ1) is 25.0. The zero-order valence-corrected chi connectivity index (χ0v) is 20.6. The Hall–Kier alpha value is -4.06. The fourth-order valence-electron chi connectivity index (χ4n) is 4.35. The number of hydrogen-bond acceptors (Lipinski definition) is 5. The number of rotatable bonds is 10. The fraction of sp³-hybridized carbons (Fsp3) is 0.267. The van der Waals surface area contributed by atoms with Gasteiger partial charge in [0.15, 0.2) is 0 Å². The Labute approximate surface area is 211 Å². The molecule has 1 aliphatic heterocycles. The summed E-state index contributed by atoms with van der Waals surface area (Å²) >= 11 is 0. The maximum atomic E-state index is 13.2. The average molecular weight is 486 g/mol. The Morgan fingerprint density at radius 2 is 1.50 bits per heavy atom. The molecule has 1 amide bonds. The highest BCUT2D eigenvalue weighted by Crippen LogP contribution is 2.40. The molecule has 4 rings (SSSR count). The number of benzene rings is 3. The van der Waals surface area contributed by atoms with Crippen LogP contribution in [0.15, 0.2) is 84.4 Å². The van der Waals surface area contributed by atoms with E-state index in [1.807, 2.05) is 68.4 Å². The number of aliphatic hydroxyl groups excluding tert-OH is 1. The van der Waals surface area contributed by atoms with Gasteiger partial charge in [0.2, 0.25) is 0 Å². The van der Waals surface area contributed by atoms with Crippen LogP contribution in [-0.4, -0.2) is 41.5 Å². The van der Waals surface area contributed by atoms with E-state index in [-0.39, 0.29) is 11.3 Å². The van der Waals surface area contributed by atoms with E-state index in [2.05, 4.69) is 0 Å². The van der Waals surface area contributed by atoms with Crippen LogP contribution in [0.3, 0.4) is 0 Å². The molecule has 1 aliphatic rings. The van der Waals surface area contributed by atoms with Gasteiger partial charge in [-0.3, -0.25) is 9.59 Å². The highest BCUT2D eigenvalue weighted by molar-refractivity contribution is 6.46. The lowest BCUT2D eigenvalue weighted by molar-refractivity contribution is -0.139. The van der Waals surface area contributed by atoms with Gasteiger partial charge in [0.25, 0.3) is 11.7 Å². The first-order chi connectivity index (χ1) is 17.5. The third kappa shape index (κ3) is 5.43. The molecule has 1 unspecified atom stereocenters. The summed E-state index contributed by atoms with van der Waals surface area (Å²) in [6, 6.07) is 23.3. The van der Waals surface area contributed by atoms with E-state index >= 15 is 0 Å². The Morgan fingerprint density at radius 1 is 0.861 bits per heavy atom. The van der Waals surface area contributed by atoms with Gasteiger partial charge < -0.3 is 19.5 Å². The lowest BCUT2D eigenvalue weighted by Gasteiger charge is -2.25. The Morgan fingerprint density at radius 3 is 2.14 bits per heavy atom. The number of amides is 1. The van der Waals surface area contributed by atoms with E-state index in [4.69, 9.17) is 9.47 Å². The Balaban J connectivity index is 1.72. The number of nitrogens with zero attached hydrogens (tertiary/aromatic N) is 1. The van der Waals surface area contributed by atoms with Crippen LogP contribution < -0.4 is 9.47 Å². The minimum absolute atomic E-state index is 0.0828. The second-order valence-corrected chi connectivity index (χ2v) is 8.60. The monoisotopic (exact) mass is 485 g/mol. The van der Waals surface area contributed by atoms with Crippen LogP contribution in [0, 0.1) is 0 Å². The zero-order valence-electron chi connectivity index (χ0n) is 20.6. The summed E-state index contributed by atoms with van der Waals surface area (Å²) in [5.74, 6) is -0.125. The second kappa shape index (κ2) is 11.6. The van der Waals surface area contributed by atoms with Crippen LogP contribution in [0.25, 0.3) is 5.76 Å². The van der Waals surface area contributed by atoms with Crippen LogP contribution in [0.5, 0.6) is 11.5 Å². The number of carbonyl (C=O) groups excluding carboxylic acids is 2. The van der Waals surface area contributed by atoms with Crippen LogP contribution >= 0.6 is 0 Å². The molecular weight excluding hydrogens is 454 g/mol. The van der Waals surface area contributed by atoms with E-state index in [0.29, 0.717) is 43.2 Å². The number of ether oxygens (including phenoxy) is 2. The first-order valence-corrected chi connectivity index (χ1v) is 12.3. The molecule has 1 N–H and O–H groups in total. The number of hydrogen-bond donors (Lipinski definition) is 1. The van der Waals surface area contributed by atoms with Crippen molar-refractivity contribution >= 4 is 17.4 Å². The lowest BCUT2D eigenvalue weighted by atomic mass is 9.95. The summed E-state index contributed by atoms with van der Waals surface area (Å²) in [4.78, 5) is 28.0. The van der Waals surface area contributed by atoms with Gasteiger partial charge in [-0.05, 0) is 67.3 Å². The zero-order chi connectivity index (χ0) is 25.5. The number of ketones is 1. The maximum absolute atomic E-state index is 13.2. The van der Waals surface area contributed by atoms with Crippen LogP contribution in [-0.2, 0) is 16.0 Å². The van der Waals surface area contributed by atoms with Gasteiger partial charge in [-0.25, -0.2) is 0 Å². The van der Waals surface area contributed by atoms with E-state index in [0.717, 1.165) is 17.5 Å². The molecule has 1 atom stereocenters. The highest BCUT2D eigenvalue weighted by atomic mass is 16.5. The smallest absolute Gasteiger partial charge is 0.295 e. The molecule has 1 heterocycles. The van der Waals surface area contributed by atoms with Crippen molar-refractivity contribution in [3.8, 4) is 11.5 Å². The van der Waals surface area contributed by atoms with E-state index < -0.39 is 17.7 Å². The van der Waals surface area contributed by atoms with Crippen molar-refractivity contribution in [1.82, 2.24) is 4.90 Å². The predicted molar refractivity (Wildman–Crippen MR) is 139 cm³/mol. The molecular formula is C30H31NO5. The molecule has 0 radical (unpaired) electrons. The average Bonchev–Trinajstić information content (AvgIpc) is 3.16. The standard InChI is InChI=1S/C30H31NO5/c1-3-20-36-25-14-10-22(11-15-25)27-26(28(32)23-12-16-24(17-13-23)35-4-2)29(33)30(34)31(27)19-18-21-8-6-5-7-9-21/h5-17,27,32H,3-4,18-20H2,1-2H3. The quantitative estimate of drug-likeness (QED) is 0.232. The maximum Gasteiger partial charge on any atom is 0.295 e. The molecule has 3 aromatic rings. The van der Waals surface area contributed by atoms with Crippen molar-refractivity contribution in [2.75, 3.05) is 19.8 Å². The van der Waals surface area contributed by atoms with Gasteiger partial charge >= 0.3 is 0 Å². The van der Waals surface area contributed by atoms with Crippen molar-refractivity contribution in [2.45, 2.75) is 32.7 Å². The van der Waals surface area contributed by atoms with Gasteiger partial charge in [-0.15, -0.1) is 0 Å². The normalized spacial score (nSPS) is 16.8. The van der Waals surface area contributed by atoms with Gasteiger partial charge in [-0.2, -0.15) is 0 Å². The number of likely N-dealkylation sites (tertiary alicyclic amines) is 1. The van der Waals surface area contributed by atoms with Gasteiger partial charge in [0.05, 0.1) is 24.8 Å². The molecule has 6 nitrogen and oxygen atoms in total. The SMILES string of the molecule is CCCOc1ccc(C2C(=C(O)c3ccc(OCC)cc3)C(=O)C(=O)N2CCc2ccccc2)cc1. The lowest BCUT2D eigenvalue weighted by Crippen LogP contribution is -2.31. The van der Waals surface area contributed by atoms with E-state index in [9.17, 15) is 14.7 Å². The molecule has 0 aliphatic carbocycles. The second-order valence-electron chi connectivity index (χ2n) is 8.60. The molecule has 0 spiro atoms. The van der Waals surface area contributed by atoms with Crippen molar-refractivity contribution in [3.05, 3.63) is 101 Å². The van der Waals surface area contributed by atoms with Crippen LogP contribution in [0.4, 0.5) is 0 Å². The summed E-state index contributed by atoms with van der Waals surface area (Å²) < 4.78 is 11.2. The van der Waals surface area contributed by atoms with E-state index in [1.54, 1.807) is 29.2 Å². The molecule has 186 valence electrons. The molecule has 1 fully saturated rings. The predicted octanol–water partition coefficient (Wildman–Crippen LogP) is 5.54. The molecule has 0 aromatic heterocycles. The number of Topliss-reactive ketones (excluding diaryl/α,β-unsaturated/α-hetero) is 1. The van der Waals surface area contributed by atoms with Crippen molar-refractivity contribution in [1.29, 1.82) is 0 Å². The third-order valence-corrected chi connectivity index (χ3v) is 6.13. The Bertz CT molecular complexity index is 1220. The molecule has 1 saturated heterocycles. The molecule has 3 aromatic carbocycles. The summed E-state index contributed by atoms with van der Waals surface area (Å²) in [5.41, 5.74) is 2.33. The van der Waals surface area contributed by atoms with Crippen molar-refractivity contribution < 1.29 is 24.2 Å². The number of carbonyl (C=O) groups is 2. The summed E-state index contributed by atoms with van der Waals surface area (Å²) in [6.07, 6.45) is 1.48. The summed E-state index contributed by atoms with van der Waals surface area (Å²) in [7, 11) is 0. The van der Waals surface area contributed by atoms with Crippen molar-refractivity contribution in [2.24, 2.45) is 0 Å². The molecule has 0 bridgehead atoms. The van der Waals surface area contributed by atoms with Gasteiger partial charge in [-0.1, -0.05) is 49.4 Å². The topological polar surface area (TPSA) is 76.1 Å². The largest absolute Gasteiger partial charge is 0.507 e. The molecule has 36 heavy (non-hydrogen) atoms. The minimum atomic E-state index is -0.708.